The van der Waals surface area contributed by atoms with Crippen molar-refractivity contribution in [1.29, 1.82) is 0 Å². The molecule has 2 fully saturated rings. The monoisotopic (exact) mass is 344 g/mol. The molecule has 1 N–H and O–H groups in total. The number of esters is 1. The lowest BCUT2D eigenvalue weighted by Crippen LogP contribution is -2.45. The minimum atomic E-state index is -0.932. The minimum absolute atomic E-state index is 0.0664. The molecule has 1 aromatic rings. The van der Waals surface area contributed by atoms with Crippen LogP contribution in [0.2, 0.25) is 0 Å². The van der Waals surface area contributed by atoms with Gasteiger partial charge in [0, 0.05) is 12.8 Å². The smallest absolute Gasteiger partial charge is 0.343 e. The SMILES string of the molecule is Cc1cc(C)c(C2=C(O)C3(CCC4(CC3)OCCO4)OC2=O)cc1C. The van der Waals surface area contributed by atoms with Crippen molar-refractivity contribution in [2.24, 2.45) is 0 Å². The van der Waals surface area contributed by atoms with Crippen LogP contribution in [0.4, 0.5) is 0 Å². The summed E-state index contributed by atoms with van der Waals surface area (Å²) >= 11 is 0. The molecule has 2 spiro atoms. The zero-order valence-corrected chi connectivity index (χ0v) is 15.0. The van der Waals surface area contributed by atoms with E-state index < -0.39 is 17.4 Å². The summed E-state index contributed by atoms with van der Waals surface area (Å²) in [5, 5.41) is 11.0. The number of carbonyl (C=O) groups excluding carboxylic acids is 1. The number of rotatable bonds is 1. The highest BCUT2D eigenvalue weighted by Gasteiger charge is 2.55. The Morgan fingerprint density at radius 3 is 2.16 bits per heavy atom. The summed E-state index contributed by atoms with van der Waals surface area (Å²) in [5.41, 5.74) is 3.36. The Hall–Kier alpha value is -1.85. The Bertz CT molecular complexity index is 761. The average Bonchev–Trinajstić information content (AvgIpc) is 3.12. The van der Waals surface area contributed by atoms with Crippen LogP contribution >= 0.6 is 0 Å². The molecular formula is C20H24O5. The van der Waals surface area contributed by atoms with Gasteiger partial charge in [-0.25, -0.2) is 4.79 Å². The molecule has 4 rings (SSSR count). The van der Waals surface area contributed by atoms with E-state index in [1.54, 1.807) is 0 Å². The predicted molar refractivity (Wildman–Crippen MR) is 92.1 cm³/mol. The fourth-order valence-electron chi connectivity index (χ4n) is 4.23. The molecule has 0 radical (unpaired) electrons. The maximum Gasteiger partial charge on any atom is 0.343 e. The Morgan fingerprint density at radius 1 is 0.920 bits per heavy atom. The van der Waals surface area contributed by atoms with Gasteiger partial charge in [-0.2, -0.15) is 0 Å². The van der Waals surface area contributed by atoms with Gasteiger partial charge in [0.2, 0.25) is 0 Å². The molecule has 5 nitrogen and oxygen atoms in total. The first-order valence-electron chi connectivity index (χ1n) is 8.89. The van der Waals surface area contributed by atoms with Gasteiger partial charge in [-0.15, -0.1) is 0 Å². The molecule has 0 bridgehead atoms. The summed E-state index contributed by atoms with van der Waals surface area (Å²) in [6.07, 6.45) is 2.25. The standard InChI is InChI=1S/C20H24O5/c1-12-10-14(3)15(11-13(12)2)16-17(21)19(25-18(16)22)4-6-20(7-5-19)23-8-9-24-20/h10-11,21H,4-9H2,1-3H3. The van der Waals surface area contributed by atoms with Gasteiger partial charge in [-0.3, -0.25) is 0 Å². The van der Waals surface area contributed by atoms with Crippen LogP contribution in [0.1, 0.15) is 47.9 Å². The molecule has 134 valence electrons. The number of hydrogen-bond donors (Lipinski definition) is 1. The van der Waals surface area contributed by atoms with Crippen molar-refractivity contribution >= 4 is 11.5 Å². The Balaban J connectivity index is 1.70. The van der Waals surface area contributed by atoms with Crippen molar-refractivity contribution in [3.63, 3.8) is 0 Å². The molecule has 3 aliphatic rings. The van der Waals surface area contributed by atoms with Crippen LogP contribution in [0.25, 0.3) is 5.57 Å². The summed E-state index contributed by atoms with van der Waals surface area (Å²) in [7, 11) is 0. The van der Waals surface area contributed by atoms with E-state index in [1.165, 1.54) is 0 Å². The molecule has 5 heteroatoms. The molecule has 1 saturated heterocycles. The number of benzene rings is 1. The summed E-state index contributed by atoms with van der Waals surface area (Å²) in [5.74, 6) is -0.929. The zero-order chi connectivity index (χ0) is 17.8. The van der Waals surface area contributed by atoms with E-state index in [4.69, 9.17) is 14.2 Å². The number of aliphatic hydroxyl groups excluding tert-OH is 1. The largest absolute Gasteiger partial charge is 0.507 e. The molecule has 1 aliphatic carbocycles. The third-order valence-corrected chi connectivity index (χ3v) is 5.90. The zero-order valence-electron chi connectivity index (χ0n) is 15.0. The van der Waals surface area contributed by atoms with Crippen molar-refractivity contribution in [2.45, 2.75) is 57.8 Å². The highest BCUT2D eigenvalue weighted by molar-refractivity contribution is 6.20. The second-order valence-corrected chi connectivity index (χ2v) is 7.47. The fraction of sp³-hybridized carbons (Fsp3) is 0.550. The van der Waals surface area contributed by atoms with Crippen molar-refractivity contribution in [1.82, 2.24) is 0 Å². The lowest BCUT2D eigenvalue weighted by atomic mass is 9.79. The number of aryl methyl sites for hydroxylation is 3. The molecule has 0 unspecified atom stereocenters. The average molecular weight is 344 g/mol. The summed E-state index contributed by atoms with van der Waals surface area (Å²) < 4.78 is 17.2. The quantitative estimate of drug-likeness (QED) is 0.790. The van der Waals surface area contributed by atoms with Crippen LogP contribution in [-0.2, 0) is 19.0 Å². The van der Waals surface area contributed by atoms with Crippen molar-refractivity contribution < 1.29 is 24.1 Å². The molecule has 0 atom stereocenters. The topological polar surface area (TPSA) is 65.0 Å². The molecule has 0 aromatic heterocycles. The molecule has 1 aromatic carbocycles. The summed E-state index contributed by atoms with van der Waals surface area (Å²) in [6, 6.07) is 4.00. The Kier molecular flexibility index (Phi) is 3.71. The van der Waals surface area contributed by atoms with E-state index in [1.807, 2.05) is 32.9 Å². The maximum atomic E-state index is 12.6. The molecule has 2 aliphatic heterocycles. The Morgan fingerprint density at radius 2 is 1.52 bits per heavy atom. The van der Waals surface area contributed by atoms with E-state index in [9.17, 15) is 9.90 Å². The van der Waals surface area contributed by atoms with Gasteiger partial charge in [0.1, 0.15) is 5.57 Å². The second kappa shape index (κ2) is 5.58. The van der Waals surface area contributed by atoms with Crippen LogP contribution < -0.4 is 0 Å². The first kappa shape index (κ1) is 16.6. The Labute approximate surface area is 147 Å². The molecule has 1 saturated carbocycles. The fourth-order valence-corrected chi connectivity index (χ4v) is 4.23. The molecular weight excluding hydrogens is 320 g/mol. The summed E-state index contributed by atoms with van der Waals surface area (Å²) in [4.78, 5) is 12.6. The first-order valence-corrected chi connectivity index (χ1v) is 8.89. The number of ether oxygens (including phenoxy) is 3. The normalized spacial score (nSPS) is 24.4. The van der Waals surface area contributed by atoms with Crippen LogP contribution in [-0.4, -0.2) is 35.7 Å². The lowest BCUT2D eigenvalue weighted by molar-refractivity contribution is -0.205. The number of carbonyl (C=O) groups is 1. The molecule has 0 amide bonds. The third kappa shape index (κ3) is 2.49. The van der Waals surface area contributed by atoms with E-state index in [0.29, 0.717) is 44.5 Å². The van der Waals surface area contributed by atoms with Crippen LogP contribution in [0.3, 0.4) is 0 Å². The van der Waals surface area contributed by atoms with E-state index in [2.05, 4.69) is 0 Å². The van der Waals surface area contributed by atoms with Gasteiger partial charge in [-0.05, 0) is 55.9 Å². The van der Waals surface area contributed by atoms with Crippen molar-refractivity contribution in [2.75, 3.05) is 13.2 Å². The summed E-state index contributed by atoms with van der Waals surface area (Å²) in [6.45, 7) is 7.20. The first-order chi connectivity index (χ1) is 11.9. The van der Waals surface area contributed by atoms with E-state index in [0.717, 1.165) is 22.3 Å². The van der Waals surface area contributed by atoms with Gasteiger partial charge < -0.3 is 19.3 Å². The van der Waals surface area contributed by atoms with E-state index >= 15 is 0 Å². The van der Waals surface area contributed by atoms with Gasteiger partial charge in [0.15, 0.2) is 17.1 Å². The predicted octanol–water partition coefficient (Wildman–Crippen LogP) is 3.49. The minimum Gasteiger partial charge on any atom is -0.507 e. The van der Waals surface area contributed by atoms with E-state index in [-0.39, 0.29) is 5.76 Å². The van der Waals surface area contributed by atoms with Crippen LogP contribution in [0, 0.1) is 20.8 Å². The molecule has 2 heterocycles. The second-order valence-electron chi connectivity index (χ2n) is 7.47. The number of aliphatic hydroxyl groups is 1. The third-order valence-electron chi connectivity index (χ3n) is 5.90. The van der Waals surface area contributed by atoms with Gasteiger partial charge in [0.25, 0.3) is 0 Å². The van der Waals surface area contributed by atoms with Gasteiger partial charge in [0.05, 0.1) is 13.2 Å². The lowest BCUT2D eigenvalue weighted by Gasteiger charge is -2.40. The van der Waals surface area contributed by atoms with Gasteiger partial charge in [-0.1, -0.05) is 12.1 Å². The highest BCUT2D eigenvalue weighted by Crippen LogP contribution is 2.50. The van der Waals surface area contributed by atoms with Crippen molar-refractivity contribution in [3.8, 4) is 0 Å². The maximum absolute atomic E-state index is 12.6. The highest BCUT2D eigenvalue weighted by atomic mass is 16.7. The number of hydrogen-bond acceptors (Lipinski definition) is 5. The van der Waals surface area contributed by atoms with Gasteiger partial charge >= 0.3 is 5.97 Å². The van der Waals surface area contributed by atoms with Crippen molar-refractivity contribution in [3.05, 3.63) is 40.1 Å². The molecule has 25 heavy (non-hydrogen) atoms. The van der Waals surface area contributed by atoms with Crippen LogP contribution in [0.5, 0.6) is 0 Å². The van der Waals surface area contributed by atoms with Crippen LogP contribution in [0.15, 0.2) is 17.9 Å².